The summed E-state index contributed by atoms with van der Waals surface area (Å²) in [5.74, 6) is 0.566. The topological polar surface area (TPSA) is 87.5 Å². The molecule has 1 atom stereocenters. The summed E-state index contributed by atoms with van der Waals surface area (Å²) in [5.41, 5.74) is 0.573. The summed E-state index contributed by atoms with van der Waals surface area (Å²) < 4.78 is 37.9. The van der Waals surface area contributed by atoms with Crippen LogP contribution in [-0.2, 0) is 14.6 Å². The van der Waals surface area contributed by atoms with Crippen LogP contribution in [0.25, 0.3) is 10.8 Å². The van der Waals surface area contributed by atoms with Crippen molar-refractivity contribution in [1.82, 2.24) is 9.78 Å². The first kappa shape index (κ1) is 21.7. The lowest BCUT2D eigenvalue weighted by molar-refractivity contribution is 0.162. The summed E-state index contributed by atoms with van der Waals surface area (Å²) >= 11 is 0. The molecule has 32 heavy (non-hydrogen) atoms. The van der Waals surface area contributed by atoms with Gasteiger partial charge >= 0.3 is 0 Å². The number of methoxy groups -OCH3 is 2. The van der Waals surface area contributed by atoms with Crippen molar-refractivity contribution in [1.29, 1.82) is 0 Å². The average molecular weight is 451 g/mol. The van der Waals surface area contributed by atoms with Crippen molar-refractivity contribution in [2.24, 2.45) is 0 Å². The van der Waals surface area contributed by atoms with Gasteiger partial charge in [-0.05, 0) is 48.0 Å². The van der Waals surface area contributed by atoms with Crippen LogP contribution < -0.4 is 10.3 Å². The number of benzene rings is 3. The molecule has 0 N–H and O–H groups in total. The molecule has 8 heteroatoms. The Bertz CT molecular complexity index is 1400. The Morgan fingerprint density at radius 1 is 0.938 bits per heavy atom. The van der Waals surface area contributed by atoms with Crippen LogP contribution in [0, 0.1) is 0 Å². The maximum absolute atomic E-state index is 13.2. The molecule has 7 nitrogen and oxygen atoms in total. The van der Waals surface area contributed by atoms with Gasteiger partial charge in [0, 0.05) is 12.5 Å². The zero-order valence-corrected chi connectivity index (χ0v) is 18.5. The normalized spacial score (nSPS) is 12.6. The van der Waals surface area contributed by atoms with Crippen LogP contribution in [0.4, 0.5) is 0 Å². The molecule has 0 amide bonds. The SMILES string of the molecule is COCC(c1ccccc1)n1ncc2cc(S(=O)(=O)c3ccc(OC)cc3)ccc2c1=O. The molecule has 0 aliphatic carbocycles. The fraction of sp³-hybridized carbons (Fsp3) is 0.167. The van der Waals surface area contributed by atoms with Crippen LogP contribution >= 0.6 is 0 Å². The fourth-order valence-corrected chi connectivity index (χ4v) is 4.86. The predicted molar refractivity (Wildman–Crippen MR) is 121 cm³/mol. The van der Waals surface area contributed by atoms with Crippen LogP contribution in [-0.4, -0.2) is 39.0 Å². The molecule has 0 saturated heterocycles. The van der Waals surface area contributed by atoms with E-state index in [0.717, 1.165) is 5.56 Å². The van der Waals surface area contributed by atoms with Gasteiger partial charge in [-0.25, -0.2) is 13.1 Å². The van der Waals surface area contributed by atoms with Gasteiger partial charge in [0.15, 0.2) is 0 Å². The lowest BCUT2D eigenvalue weighted by Crippen LogP contribution is -2.30. The van der Waals surface area contributed by atoms with Gasteiger partial charge in [-0.1, -0.05) is 30.3 Å². The predicted octanol–water partition coefficient (Wildman–Crippen LogP) is 3.47. The number of nitrogens with zero attached hydrogens (tertiary/aromatic N) is 2. The second-order valence-corrected chi connectivity index (χ2v) is 9.15. The lowest BCUT2D eigenvalue weighted by atomic mass is 10.1. The maximum Gasteiger partial charge on any atom is 0.275 e. The molecule has 1 aromatic heterocycles. The number of aromatic nitrogens is 2. The monoisotopic (exact) mass is 450 g/mol. The molecular formula is C24H22N2O5S. The quantitative estimate of drug-likeness (QED) is 0.428. The molecule has 0 bridgehead atoms. The maximum atomic E-state index is 13.2. The van der Waals surface area contributed by atoms with Crippen LogP contribution in [0.3, 0.4) is 0 Å². The van der Waals surface area contributed by atoms with Crippen molar-refractivity contribution in [3.05, 3.63) is 94.9 Å². The molecule has 4 rings (SSSR count). The van der Waals surface area contributed by atoms with Crippen LogP contribution in [0.5, 0.6) is 5.75 Å². The van der Waals surface area contributed by atoms with Crippen molar-refractivity contribution in [3.63, 3.8) is 0 Å². The molecule has 0 radical (unpaired) electrons. The van der Waals surface area contributed by atoms with E-state index in [4.69, 9.17) is 9.47 Å². The minimum Gasteiger partial charge on any atom is -0.497 e. The highest BCUT2D eigenvalue weighted by Crippen LogP contribution is 2.25. The van der Waals surface area contributed by atoms with E-state index >= 15 is 0 Å². The summed E-state index contributed by atoms with van der Waals surface area (Å²) in [6.07, 6.45) is 1.51. The lowest BCUT2D eigenvalue weighted by Gasteiger charge is -2.18. The largest absolute Gasteiger partial charge is 0.497 e. The van der Waals surface area contributed by atoms with E-state index in [1.54, 1.807) is 19.2 Å². The van der Waals surface area contributed by atoms with Gasteiger partial charge in [-0.15, -0.1) is 0 Å². The van der Waals surface area contributed by atoms with E-state index in [9.17, 15) is 13.2 Å². The molecule has 4 aromatic rings. The van der Waals surface area contributed by atoms with E-state index in [0.29, 0.717) is 16.5 Å². The summed E-state index contributed by atoms with van der Waals surface area (Å²) in [5, 5.41) is 5.16. The third-order valence-electron chi connectivity index (χ3n) is 5.27. The van der Waals surface area contributed by atoms with E-state index < -0.39 is 15.9 Å². The second-order valence-electron chi connectivity index (χ2n) is 7.20. The Morgan fingerprint density at radius 2 is 1.62 bits per heavy atom. The van der Waals surface area contributed by atoms with Gasteiger partial charge in [0.1, 0.15) is 11.8 Å². The molecule has 0 fully saturated rings. The number of fused-ring (bicyclic) bond motifs is 1. The summed E-state index contributed by atoms with van der Waals surface area (Å²) in [6, 6.07) is 19.7. The molecule has 0 aliphatic heterocycles. The molecular weight excluding hydrogens is 428 g/mol. The summed E-state index contributed by atoms with van der Waals surface area (Å²) in [6.45, 7) is 0.270. The molecule has 3 aromatic carbocycles. The Hall–Kier alpha value is -3.49. The molecule has 1 unspecified atom stereocenters. The van der Waals surface area contributed by atoms with Gasteiger partial charge in [0.25, 0.3) is 5.56 Å². The van der Waals surface area contributed by atoms with Gasteiger partial charge in [-0.3, -0.25) is 4.79 Å². The van der Waals surface area contributed by atoms with E-state index in [1.807, 2.05) is 30.3 Å². The van der Waals surface area contributed by atoms with E-state index in [2.05, 4.69) is 5.10 Å². The van der Waals surface area contributed by atoms with Crippen molar-refractivity contribution in [2.45, 2.75) is 15.8 Å². The zero-order valence-electron chi connectivity index (χ0n) is 17.6. The first-order valence-corrected chi connectivity index (χ1v) is 11.4. The van der Waals surface area contributed by atoms with E-state index in [-0.39, 0.29) is 22.0 Å². The van der Waals surface area contributed by atoms with Gasteiger partial charge < -0.3 is 9.47 Å². The highest BCUT2D eigenvalue weighted by atomic mass is 32.2. The molecule has 0 saturated carbocycles. The highest BCUT2D eigenvalue weighted by molar-refractivity contribution is 7.91. The third kappa shape index (κ3) is 4.02. The van der Waals surface area contributed by atoms with Gasteiger partial charge in [-0.2, -0.15) is 5.10 Å². The first-order valence-electron chi connectivity index (χ1n) is 9.90. The molecule has 1 heterocycles. The Morgan fingerprint density at radius 3 is 2.28 bits per heavy atom. The van der Waals surface area contributed by atoms with E-state index in [1.165, 1.54) is 48.3 Å². The van der Waals surface area contributed by atoms with Crippen LogP contribution in [0.15, 0.2) is 93.6 Å². The summed E-state index contributed by atoms with van der Waals surface area (Å²) in [4.78, 5) is 13.4. The Balaban J connectivity index is 1.77. The van der Waals surface area contributed by atoms with Gasteiger partial charge in [0.05, 0.1) is 35.1 Å². The van der Waals surface area contributed by atoms with Crippen molar-refractivity contribution >= 4 is 20.6 Å². The standard InChI is InChI=1S/C24H22N2O5S/c1-30-16-23(17-6-4-3-5-7-17)26-24(27)22-13-12-21(14-18(22)15-25-26)32(28,29)20-10-8-19(31-2)9-11-20/h3-15,23H,16H2,1-2H3. The molecule has 164 valence electrons. The number of sulfone groups is 1. The number of rotatable bonds is 7. The van der Waals surface area contributed by atoms with Crippen LogP contribution in [0.2, 0.25) is 0 Å². The summed E-state index contributed by atoms with van der Waals surface area (Å²) in [7, 11) is -0.675. The smallest absolute Gasteiger partial charge is 0.275 e. The molecule has 0 spiro atoms. The first-order chi connectivity index (χ1) is 15.5. The minimum atomic E-state index is -3.76. The van der Waals surface area contributed by atoms with Crippen LogP contribution in [0.1, 0.15) is 11.6 Å². The zero-order chi connectivity index (χ0) is 22.7. The van der Waals surface area contributed by atoms with Crippen molar-refractivity contribution in [3.8, 4) is 5.75 Å². The Kier molecular flexibility index (Phi) is 6.07. The van der Waals surface area contributed by atoms with Gasteiger partial charge in [0.2, 0.25) is 9.84 Å². The number of hydrogen-bond acceptors (Lipinski definition) is 6. The third-order valence-corrected chi connectivity index (χ3v) is 7.03. The van der Waals surface area contributed by atoms with Crippen molar-refractivity contribution < 1.29 is 17.9 Å². The second kappa shape index (κ2) is 8.94. The highest BCUT2D eigenvalue weighted by Gasteiger charge is 2.21. The molecule has 0 aliphatic rings. The number of hydrogen-bond donors (Lipinski definition) is 0. The average Bonchev–Trinajstić information content (AvgIpc) is 2.83. The Labute approximate surface area is 185 Å². The van der Waals surface area contributed by atoms with Crippen molar-refractivity contribution in [2.75, 3.05) is 20.8 Å². The fourth-order valence-electron chi connectivity index (χ4n) is 3.56. The number of ether oxygens (including phenoxy) is 2. The minimum absolute atomic E-state index is 0.0885.